The summed E-state index contributed by atoms with van der Waals surface area (Å²) >= 11 is 0. The van der Waals surface area contributed by atoms with Gasteiger partial charge in [0.15, 0.2) is 0 Å². The zero-order chi connectivity index (χ0) is 11.4. The fourth-order valence-corrected chi connectivity index (χ4v) is 1.64. The molecule has 0 spiro atoms. The van der Waals surface area contributed by atoms with Crippen molar-refractivity contribution in [3.05, 3.63) is 11.9 Å². The van der Waals surface area contributed by atoms with Crippen LogP contribution in [0.1, 0.15) is 5.56 Å². The molecule has 0 aromatic carbocycles. The molecule has 2 heterocycles. The monoisotopic (exact) mass is 223 g/mol. The van der Waals surface area contributed by atoms with Crippen molar-refractivity contribution in [2.45, 2.75) is 6.92 Å². The standard InChI is InChI=1S/C10H17N5O/c1-8-9(11-2)12-7-13-10(8)14-15-3-5-16-6-4-15/h7H,3-6H2,1-2H3,(H2,11,12,13,14). The summed E-state index contributed by atoms with van der Waals surface area (Å²) in [7, 11) is 1.86. The highest BCUT2D eigenvalue weighted by Gasteiger charge is 2.12. The highest BCUT2D eigenvalue weighted by atomic mass is 16.5. The van der Waals surface area contributed by atoms with Gasteiger partial charge in [0.1, 0.15) is 18.0 Å². The van der Waals surface area contributed by atoms with Gasteiger partial charge in [-0.3, -0.25) is 0 Å². The molecular weight excluding hydrogens is 206 g/mol. The summed E-state index contributed by atoms with van der Waals surface area (Å²) in [6, 6.07) is 0. The quantitative estimate of drug-likeness (QED) is 0.777. The van der Waals surface area contributed by atoms with Crippen molar-refractivity contribution in [1.82, 2.24) is 15.0 Å². The van der Waals surface area contributed by atoms with E-state index < -0.39 is 0 Å². The molecule has 2 rings (SSSR count). The van der Waals surface area contributed by atoms with E-state index in [2.05, 4.69) is 25.7 Å². The van der Waals surface area contributed by atoms with Crippen molar-refractivity contribution >= 4 is 11.6 Å². The van der Waals surface area contributed by atoms with E-state index in [4.69, 9.17) is 4.74 Å². The number of ether oxygens (including phenoxy) is 1. The van der Waals surface area contributed by atoms with E-state index in [0.717, 1.165) is 43.5 Å². The molecule has 0 unspecified atom stereocenters. The Labute approximate surface area is 95.0 Å². The molecular formula is C10H17N5O. The minimum absolute atomic E-state index is 0.760. The van der Waals surface area contributed by atoms with E-state index >= 15 is 0 Å². The van der Waals surface area contributed by atoms with Gasteiger partial charge in [0.05, 0.1) is 13.2 Å². The summed E-state index contributed by atoms with van der Waals surface area (Å²) in [5.74, 6) is 1.70. The Morgan fingerprint density at radius 2 is 1.94 bits per heavy atom. The van der Waals surface area contributed by atoms with Crippen LogP contribution in [0.15, 0.2) is 6.33 Å². The van der Waals surface area contributed by atoms with E-state index in [0.29, 0.717) is 0 Å². The average molecular weight is 223 g/mol. The molecule has 88 valence electrons. The van der Waals surface area contributed by atoms with Gasteiger partial charge in [0.25, 0.3) is 0 Å². The van der Waals surface area contributed by atoms with Gasteiger partial charge in [0, 0.05) is 25.7 Å². The second kappa shape index (κ2) is 5.09. The van der Waals surface area contributed by atoms with Crippen LogP contribution in [0, 0.1) is 6.92 Å². The Hall–Kier alpha value is -1.40. The van der Waals surface area contributed by atoms with Crippen molar-refractivity contribution < 1.29 is 4.74 Å². The Morgan fingerprint density at radius 3 is 2.62 bits per heavy atom. The van der Waals surface area contributed by atoms with Crippen LogP contribution in [0.2, 0.25) is 0 Å². The lowest BCUT2D eigenvalue weighted by Crippen LogP contribution is -2.40. The van der Waals surface area contributed by atoms with Gasteiger partial charge in [0.2, 0.25) is 0 Å². The lowest BCUT2D eigenvalue weighted by molar-refractivity contribution is 0.0494. The lowest BCUT2D eigenvalue weighted by atomic mass is 10.3. The maximum absolute atomic E-state index is 5.29. The highest BCUT2D eigenvalue weighted by Crippen LogP contribution is 2.18. The van der Waals surface area contributed by atoms with Crippen LogP contribution in [0.4, 0.5) is 11.6 Å². The van der Waals surface area contributed by atoms with Crippen LogP contribution in [0.25, 0.3) is 0 Å². The molecule has 6 nitrogen and oxygen atoms in total. The highest BCUT2D eigenvalue weighted by molar-refractivity contribution is 5.55. The molecule has 2 N–H and O–H groups in total. The molecule has 0 bridgehead atoms. The van der Waals surface area contributed by atoms with E-state index in [1.54, 1.807) is 6.33 Å². The Bertz CT molecular complexity index is 351. The zero-order valence-corrected chi connectivity index (χ0v) is 9.66. The third kappa shape index (κ3) is 2.40. The van der Waals surface area contributed by atoms with Crippen molar-refractivity contribution in [2.24, 2.45) is 0 Å². The molecule has 1 aliphatic rings. The summed E-state index contributed by atoms with van der Waals surface area (Å²) in [5.41, 5.74) is 4.31. The average Bonchev–Trinajstić information content (AvgIpc) is 2.33. The van der Waals surface area contributed by atoms with Crippen molar-refractivity contribution in [1.29, 1.82) is 0 Å². The predicted molar refractivity (Wildman–Crippen MR) is 62.3 cm³/mol. The van der Waals surface area contributed by atoms with Crippen molar-refractivity contribution in [3.8, 4) is 0 Å². The summed E-state index contributed by atoms with van der Waals surface area (Å²) in [4.78, 5) is 8.38. The molecule has 16 heavy (non-hydrogen) atoms. The summed E-state index contributed by atoms with van der Waals surface area (Å²) in [6.45, 7) is 5.26. The van der Waals surface area contributed by atoms with Crippen molar-refractivity contribution in [3.63, 3.8) is 0 Å². The molecule has 0 radical (unpaired) electrons. The Morgan fingerprint density at radius 1 is 1.25 bits per heavy atom. The first kappa shape index (κ1) is 11.1. The van der Waals surface area contributed by atoms with Gasteiger partial charge < -0.3 is 15.5 Å². The van der Waals surface area contributed by atoms with Crippen LogP contribution in [-0.2, 0) is 4.74 Å². The van der Waals surface area contributed by atoms with E-state index in [1.165, 1.54) is 0 Å². The number of aromatic nitrogens is 2. The summed E-state index contributed by atoms with van der Waals surface area (Å²) < 4.78 is 5.29. The predicted octanol–water partition coefficient (Wildman–Crippen LogP) is 0.486. The van der Waals surface area contributed by atoms with Gasteiger partial charge >= 0.3 is 0 Å². The third-order valence-electron chi connectivity index (χ3n) is 2.60. The molecule has 1 aliphatic heterocycles. The first-order chi connectivity index (χ1) is 7.81. The first-order valence-corrected chi connectivity index (χ1v) is 5.40. The van der Waals surface area contributed by atoms with Gasteiger partial charge in [-0.25, -0.2) is 15.0 Å². The number of nitrogens with one attached hydrogen (secondary N) is 2. The van der Waals surface area contributed by atoms with Gasteiger partial charge in [-0.05, 0) is 6.92 Å². The first-order valence-electron chi connectivity index (χ1n) is 5.40. The van der Waals surface area contributed by atoms with Crippen LogP contribution >= 0.6 is 0 Å². The zero-order valence-electron chi connectivity index (χ0n) is 9.66. The number of nitrogens with zero attached hydrogens (tertiary/aromatic N) is 3. The Balaban J connectivity index is 2.08. The van der Waals surface area contributed by atoms with E-state index in [-0.39, 0.29) is 0 Å². The molecule has 0 aliphatic carbocycles. The van der Waals surface area contributed by atoms with Crippen LogP contribution in [0.3, 0.4) is 0 Å². The minimum atomic E-state index is 0.760. The van der Waals surface area contributed by atoms with Crippen LogP contribution < -0.4 is 10.7 Å². The smallest absolute Gasteiger partial charge is 0.148 e. The number of hydrogen-bond acceptors (Lipinski definition) is 6. The number of anilines is 2. The normalized spacial score (nSPS) is 17.1. The molecule has 6 heteroatoms. The second-order valence-electron chi connectivity index (χ2n) is 3.66. The fourth-order valence-electron chi connectivity index (χ4n) is 1.64. The summed E-state index contributed by atoms with van der Waals surface area (Å²) in [5, 5.41) is 5.15. The molecule has 1 aromatic rings. The van der Waals surface area contributed by atoms with Gasteiger partial charge in [-0.1, -0.05) is 0 Å². The number of hydrazine groups is 1. The number of rotatable bonds is 3. The minimum Gasteiger partial charge on any atom is -0.379 e. The molecule has 1 saturated heterocycles. The molecule has 1 aromatic heterocycles. The van der Waals surface area contributed by atoms with Crippen molar-refractivity contribution in [2.75, 3.05) is 44.1 Å². The second-order valence-corrected chi connectivity index (χ2v) is 3.66. The Kier molecular flexibility index (Phi) is 3.53. The van der Waals surface area contributed by atoms with E-state index in [1.807, 2.05) is 14.0 Å². The third-order valence-corrected chi connectivity index (χ3v) is 2.60. The summed E-state index contributed by atoms with van der Waals surface area (Å²) in [6.07, 6.45) is 1.56. The molecule has 0 saturated carbocycles. The van der Waals surface area contributed by atoms with Crippen LogP contribution in [-0.4, -0.2) is 48.3 Å². The largest absolute Gasteiger partial charge is 0.379 e. The number of hydrogen-bond donors (Lipinski definition) is 2. The van der Waals surface area contributed by atoms with Gasteiger partial charge in [-0.2, -0.15) is 0 Å². The topological polar surface area (TPSA) is 62.3 Å². The molecule has 1 fully saturated rings. The maximum Gasteiger partial charge on any atom is 0.148 e. The molecule has 0 amide bonds. The van der Waals surface area contributed by atoms with Gasteiger partial charge in [-0.15, -0.1) is 0 Å². The molecule has 0 atom stereocenters. The number of morpholine rings is 1. The van der Waals surface area contributed by atoms with Crippen LogP contribution in [0.5, 0.6) is 0 Å². The van der Waals surface area contributed by atoms with E-state index in [9.17, 15) is 0 Å². The fraction of sp³-hybridized carbons (Fsp3) is 0.600. The lowest BCUT2D eigenvalue weighted by Gasteiger charge is -2.28. The maximum atomic E-state index is 5.29. The SMILES string of the molecule is CNc1ncnc(NN2CCOCC2)c1C.